The van der Waals surface area contributed by atoms with Gasteiger partial charge in [0.1, 0.15) is 5.60 Å². The first-order valence-corrected chi connectivity index (χ1v) is 9.08. The number of alkyl halides is 3. The lowest BCUT2D eigenvalue weighted by molar-refractivity contribution is -0.137. The molecule has 0 bridgehead atoms. The van der Waals surface area contributed by atoms with Crippen LogP contribution in [-0.4, -0.2) is 20.1 Å². The highest BCUT2D eigenvalue weighted by molar-refractivity contribution is 7.89. The Kier molecular flexibility index (Phi) is 4.38. The summed E-state index contributed by atoms with van der Waals surface area (Å²) >= 11 is 0. The molecule has 2 N–H and O–H groups in total. The fourth-order valence-electron chi connectivity index (χ4n) is 2.99. The summed E-state index contributed by atoms with van der Waals surface area (Å²) in [5.74, 6) is 0. The van der Waals surface area contributed by atoms with Gasteiger partial charge >= 0.3 is 6.18 Å². The quantitative estimate of drug-likeness (QED) is 0.869. The second-order valence-electron chi connectivity index (χ2n) is 6.04. The third-order valence-electron chi connectivity index (χ3n) is 4.35. The Balaban J connectivity index is 1.82. The zero-order valence-corrected chi connectivity index (χ0v) is 13.9. The van der Waals surface area contributed by atoms with Crippen molar-refractivity contribution < 1.29 is 26.7 Å². The molecule has 0 saturated heterocycles. The van der Waals surface area contributed by atoms with Crippen LogP contribution in [0.2, 0.25) is 0 Å². The molecule has 0 aromatic heterocycles. The third kappa shape index (κ3) is 3.56. The minimum absolute atomic E-state index is 0.303. The SMILES string of the molecule is O=S(=O)(NCC1(O)CCc2ccccc21)c1cccc(C(F)(F)F)c1. The average molecular weight is 371 g/mol. The van der Waals surface area contributed by atoms with Gasteiger partial charge in [-0.05, 0) is 42.2 Å². The molecule has 0 saturated carbocycles. The fourth-order valence-corrected chi connectivity index (χ4v) is 4.12. The summed E-state index contributed by atoms with van der Waals surface area (Å²) in [6.45, 7) is -0.303. The molecule has 2 aromatic rings. The molecule has 1 unspecified atom stereocenters. The van der Waals surface area contributed by atoms with E-state index >= 15 is 0 Å². The molecule has 25 heavy (non-hydrogen) atoms. The second-order valence-corrected chi connectivity index (χ2v) is 7.81. The number of benzene rings is 2. The van der Waals surface area contributed by atoms with E-state index in [1.54, 1.807) is 12.1 Å². The van der Waals surface area contributed by atoms with E-state index < -0.39 is 32.3 Å². The van der Waals surface area contributed by atoms with Gasteiger partial charge < -0.3 is 5.11 Å². The second kappa shape index (κ2) is 6.12. The van der Waals surface area contributed by atoms with Crippen molar-refractivity contribution in [2.75, 3.05) is 6.54 Å². The van der Waals surface area contributed by atoms with Gasteiger partial charge in [0.2, 0.25) is 10.0 Å². The highest BCUT2D eigenvalue weighted by Gasteiger charge is 2.38. The average Bonchev–Trinajstić information content (AvgIpc) is 2.91. The van der Waals surface area contributed by atoms with E-state index in [1.165, 1.54) is 0 Å². The van der Waals surface area contributed by atoms with Crippen molar-refractivity contribution in [3.63, 3.8) is 0 Å². The van der Waals surface area contributed by atoms with Gasteiger partial charge in [-0.3, -0.25) is 0 Å². The number of hydrogen-bond donors (Lipinski definition) is 2. The van der Waals surface area contributed by atoms with E-state index in [2.05, 4.69) is 4.72 Å². The Morgan fingerprint density at radius 3 is 2.56 bits per heavy atom. The van der Waals surface area contributed by atoms with Gasteiger partial charge in [0.25, 0.3) is 0 Å². The lowest BCUT2D eigenvalue weighted by Gasteiger charge is -2.24. The van der Waals surface area contributed by atoms with E-state index in [0.717, 1.165) is 23.8 Å². The number of sulfonamides is 1. The van der Waals surface area contributed by atoms with Crippen LogP contribution in [0.3, 0.4) is 0 Å². The van der Waals surface area contributed by atoms with Gasteiger partial charge in [-0.2, -0.15) is 13.2 Å². The van der Waals surface area contributed by atoms with E-state index in [-0.39, 0.29) is 6.54 Å². The van der Waals surface area contributed by atoms with Gasteiger partial charge in [-0.15, -0.1) is 0 Å². The largest absolute Gasteiger partial charge is 0.416 e. The van der Waals surface area contributed by atoms with Gasteiger partial charge in [0.15, 0.2) is 0 Å². The van der Waals surface area contributed by atoms with Gasteiger partial charge in [0, 0.05) is 6.54 Å². The number of aryl methyl sites for hydroxylation is 1. The van der Waals surface area contributed by atoms with Crippen LogP contribution in [0, 0.1) is 0 Å². The Bertz CT molecular complexity index is 896. The number of halogens is 3. The van der Waals surface area contributed by atoms with Crippen molar-refractivity contribution in [3.05, 3.63) is 65.2 Å². The lowest BCUT2D eigenvalue weighted by Crippen LogP contribution is -2.39. The monoisotopic (exact) mass is 371 g/mol. The fraction of sp³-hybridized carbons (Fsp3) is 0.294. The van der Waals surface area contributed by atoms with Crippen molar-refractivity contribution >= 4 is 10.0 Å². The van der Waals surface area contributed by atoms with Gasteiger partial charge in [-0.1, -0.05) is 30.3 Å². The Labute approximate surface area is 143 Å². The Morgan fingerprint density at radius 2 is 1.84 bits per heavy atom. The van der Waals surface area contributed by atoms with Crippen LogP contribution < -0.4 is 4.72 Å². The molecule has 134 valence electrons. The number of aliphatic hydroxyl groups is 1. The summed E-state index contributed by atoms with van der Waals surface area (Å²) in [6, 6.07) is 10.7. The van der Waals surface area contributed by atoms with Crippen molar-refractivity contribution in [3.8, 4) is 0 Å². The third-order valence-corrected chi connectivity index (χ3v) is 5.75. The summed E-state index contributed by atoms with van der Waals surface area (Å²) in [4.78, 5) is -0.489. The molecular formula is C17H16F3NO3S. The normalized spacial score (nSPS) is 20.5. The van der Waals surface area contributed by atoms with Crippen LogP contribution in [0.15, 0.2) is 53.4 Å². The molecule has 0 amide bonds. The smallest absolute Gasteiger partial charge is 0.384 e. The molecule has 1 aliphatic rings. The van der Waals surface area contributed by atoms with Crippen molar-refractivity contribution in [1.82, 2.24) is 4.72 Å². The minimum atomic E-state index is -4.63. The standard InChI is InChI=1S/C17H16F3NO3S/c18-17(19,20)13-5-3-6-14(10-13)25(23,24)21-11-16(22)9-8-12-4-1-2-7-15(12)16/h1-7,10,21-22H,8-9,11H2. The van der Waals surface area contributed by atoms with Crippen LogP contribution in [-0.2, 0) is 28.2 Å². The van der Waals surface area contributed by atoms with Gasteiger partial charge in [-0.25, -0.2) is 13.1 Å². The number of fused-ring (bicyclic) bond motifs is 1. The van der Waals surface area contributed by atoms with Crippen molar-refractivity contribution in [2.45, 2.75) is 29.5 Å². The molecule has 0 radical (unpaired) electrons. The molecule has 0 spiro atoms. The van der Waals surface area contributed by atoms with E-state index in [0.29, 0.717) is 24.5 Å². The Morgan fingerprint density at radius 1 is 1.12 bits per heavy atom. The summed E-state index contributed by atoms with van der Waals surface area (Å²) in [7, 11) is -4.18. The first kappa shape index (κ1) is 17.9. The summed E-state index contributed by atoms with van der Waals surface area (Å²) in [6.07, 6.45) is -3.68. The zero-order valence-electron chi connectivity index (χ0n) is 13.0. The molecule has 1 atom stereocenters. The van der Waals surface area contributed by atoms with Crippen LogP contribution in [0.1, 0.15) is 23.1 Å². The number of nitrogens with one attached hydrogen (secondary N) is 1. The molecule has 0 fully saturated rings. The highest BCUT2D eigenvalue weighted by Crippen LogP contribution is 2.36. The summed E-state index contributed by atoms with van der Waals surface area (Å²) in [5, 5.41) is 10.7. The van der Waals surface area contributed by atoms with Crippen LogP contribution in [0.4, 0.5) is 13.2 Å². The molecule has 0 heterocycles. The van der Waals surface area contributed by atoms with E-state index in [4.69, 9.17) is 0 Å². The molecule has 4 nitrogen and oxygen atoms in total. The predicted molar refractivity (Wildman–Crippen MR) is 85.3 cm³/mol. The predicted octanol–water partition coefficient (Wildman–Crippen LogP) is 2.82. The number of hydrogen-bond acceptors (Lipinski definition) is 3. The minimum Gasteiger partial charge on any atom is -0.384 e. The molecule has 2 aromatic carbocycles. The molecule has 8 heteroatoms. The van der Waals surface area contributed by atoms with Crippen molar-refractivity contribution in [1.29, 1.82) is 0 Å². The van der Waals surface area contributed by atoms with E-state index in [1.807, 2.05) is 12.1 Å². The first-order chi connectivity index (χ1) is 11.6. The Hall–Kier alpha value is -1.90. The van der Waals surface area contributed by atoms with Crippen LogP contribution in [0.5, 0.6) is 0 Å². The molecule has 0 aliphatic heterocycles. The molecule has 3 rings (SSSR count). The maximum Gasteiger partial charge on any atom is 0.416 e. The molecule has 1 aliphatic carbocycles. The van der Waals surface area contributed by atoms with Crippen LogP contribution in [0.25, 0.3) is 0 Å². The van der Waals surface area contributed by atoms with Crippen LogP contribution >= 0.6 is 0 Å². The van der Waals surface area contributed by atoms with Gasteiger partial charge in [0.05, 0.1) is 10.5 Å². The summed E-state index contributed by atoms with van der Waals surface area (Å²) < 4.78 is 65.2. The lowest BCUT2D eigenvalue weighted by atomic mass is 9.96. The highest BCUT2D eigenvalue weighted by atomic mass is 32.2. The topological polar surface area (TPSA) is 66.4 Å². The van der Waals surface area contributed by atoms with E-state index in [9.17, 15) is 26.7 Å². The summed E-state index contributed by atoms with van der Waals surface area (Å²) in [5.41, 5.74) is -0.837. The maximum atomic E-state index is 12.8. The first-order valence-electron chi connectivity index (χ1n) is 7.60. The number of rotatable bonds is 4. The maximum absolute atomic E-state index is 12.8. The molecular weight excluding hydrogens is 355 g/mol. The zero-order chi connectivity index (χ0) is 18.3. The van der Waals surface area contributed by atoms with Crippen molar-refractivity contribution in [2.24, 2.45) is 0 Å².